The summed E-state index contributed by atoms with van der Waals surface area (Å²) in [4.78, 5) is 0. The van der Waals surface area contributed by atoms with Crippen LogP contribution in [0.3, 0.4) is 0 Å². The molecule has 0 aliphatic heterocycles. The molecule has 20 heavy (non-hydrogen) atoms. The molecule has 3 unspecified atom stereocenters. The zero-order chi connectivity index (χ0) is 14.4. The van der Waals surface area contributed by atoms with Crippen LogP contribution in [0.1, 0.15) is 43.7 Å². The summed E-state index contributed by atoms with van der Waals surface area (Å²) >= 11 is 0. The number of hydrogen-bond donors (Lipinski definition) is 1. The molecule has 1 saturated carbocycles. The fourth-order valence-corrected chi connectivity index (χ4v) is 4.17. The van der Waals surface area contributed by atoms with Crippen LogP contribution in [0.15, 0.2) is 24.3 Å². The van der Waals surface area contributed by atoms with Gasteiger partial charge in [0.25, 0.3) is 0 Å². The Labute approximate surface area is 123 Å². The molecule has 0 bridgehead atoms. The van der Waals surface area contributed by atoms with Gasteiger partial charge in [0.2, 0.25) is 0 Å². The van der Waals surface area contributed by atoms with Crippen LogP contribution in [0.4, 0.5) is 0 Å². The highest BCUT2D eigenvalue weighted by Gasteiger charge is 2.24. The molecule has 0 radical (unpaired) electrons. The van der Waals surface area contributed by atoms with Gasteiger partial charge in [-0.2, -0.15) is 5.26 Å². The summed E-state index contributed by atoms with van der Waals surface area (Å²) < 4.78 is 11.9. The van der Waals surface area contributed by atoms with Gasteiger partial charge in [0.05, 0.1) is 11.6 Å². The maximum atomic E-state index is 11.9. The molecular weight excluding hydrogens is 268 g/mol. The summed E-state index contributed by atoms with van der Waals surface area (Å²) in [5, 5.41) is 12.8. The van der Waals surface area contributed by atoms with E-state index in [-0.39, 0.29) is 0 Å². The second-order valence-electron chi connectivity index (χ2n) is 5.35. The Balaban J connectivity index is 1.87. The molecule has 0 amide bonds. The van der Waals surface area contributed by atoms with Crippen molar-refractivity contribution in [1.29, 1.82) is 5.26 Å². The number of nitriles is 1. The molecule has 1 fully saturated rings. The lowest BCUT2D eigenvalue weighted by Crippen LogP contribution is -2.37. The van der Waals surface area contributed by atoms with Crippen molar-refractivity contribution in [1.82, 2.24) is 5.32 Å². The van der Waals surface area contributed by atoms with Crippen molar-refractivity contribution in [3.8, 4) is 6.07 Å². The van der Waals surface area contributed by atoms with Crippen LogP contribution in [-0.2, 0) is 17.3 Å². The van der Waals surface area contributed by atoms with Crippen molar-refractivity contribution >= 4 is 10.8 Å². The Bertz CT molecular complexity index is 509. The van der Waals surface area contributed by atoms with Gasteiger partial charge in [-0.05, 0) is 37.0 Å². The molecule has 1 aromatic carbocycles. The summed E-state index contributed by atoms with van der Waals surface area (Å²) in [5.74, 6) is 0.765. The van der Waals surface area contributed by atoms with E-state index in [0.717, 1.165) is 43.5 Å². The molecule has 0 heterocycles. The molecule has 1 aromatic rings. The summed E-state index contributed by atoms with van der Waals surface area (Å²) in [5.41, 5.74) is 1.85. The van der Waals surface area contributed by atoms with E-state index in [4.69, 9.17) is 5.26 Å². The van der Waals surface area contributed by atoms with Crippen molar-refractivity contribution in [2.24, 2.45) is 0 Å². The highest BCUT2D eigenvalue weighted by atomic mass is 32.2. The zero-order valence-corrected chi connectivity index (χ0v) is 12.8. The normalized spacial score (nSPS) is 24.0. The SMILES string of the molecule is CCS(=O)C1CCCC(NCc2cccc(C#N)c2)C1. The Morgan fingerprint density at radius 2 is 2.30 bits per heavy atom. The molecule has 4 heteroatoms. The van der Waals surface area contributed by atoms with Gasteiger partial charge in [0, 0.05) is 34.4 Å². The lowest BCUT2D eigenvalue weighted by molar-refractivity contribution is 0.376. The third-order valence-electron chi connectivity index (χ3n) is 3.93. The minimum atomic E-state index is -0.670. The maximum absolute atomic E-state index is 11.9. The van der Waals surface area contributed by atoms with E-state index in [1.807, 2.05) is 31.2 Å². The van der Waals surface area contributed by atoms with E-state index >= 15 is 0 Å². The van der Waals surface area contributed by atoms with E-state index in [1.54, 1.807) is 0 Å². The van der Waals surface area contributed by atoms with Gasteiger partial charge in [-0.25, -0.2) is 0 Å². The Kier molecular flexibility index (Phi) is 5.75. The molecular formula is C16H22N2OS. The Morgan fingerprint density at radius 3 is 3.05 bits per heavy atom. The first kappa shape index (κ1) is 15.2. The second-order valence-corrected chi connectivity index (χ2v) is 7.35. The molecule has 108 valence electrons. The van der Waals surface area contributed by atoms with Crippen molar-refractivity contribution in [3.05, 3.63) is 35.4 Å². The minimum absolute atomic E-state index is 0.358. The van der Waals surface area contributed by atoms with Crippen LogP contribution in [0.25, 0.3) is 0 Å². The maximum Gasteiger partial charge on any atom is 0.0991 e. The minimum Gasteiger partial charge on any atom is -0.310 e. The van der Waals surface area contributed by atoms with E-state index < -0.39 is 10.8 Å². The molecule has 0 spiro atoms. The van der Waals surface area contributed by atoms with Gasteiger partial charge >= 0.3 is 0 Å². The topological polar surface area (TPSA) is 52.9 Å². The first-order valence-electron chi connectivity index (χ1n) is 7.32. The monoisotopic (exact) mass is 290 g/mol. The van der Waals surface area contributed by atoms with E-state index in [9.17, 15) is 4.21 Å². The smallest absolute Gasteiger partial charge is 0.0991 e. The highest BCUT2D eigenvalue weighted by molar-refractivity contribution is 7.85. The van der Waals surface area contributed by atoms with E-state index in [1.165, 1.54) is 0 Å². The van der Waals surface area contributed by atoms with Crippen LogP contribution in [0.2, 0.25) is 0 Å². The standard InChI is InChI=1S/C16H22N2OS/c1-2-20(19)16-8-4-7-15(10-16)18-12-14-6-3-5-13(9-14)11-17/h3,5-6,9,15-16,18H,2,4,7-8,10,12H2,1H3. The van der Waals surface area contributed by atoms with Crippen molar-refractivity contribution in [3.63, 3.8) is 0 Å². The Morgan fingerprint density at radius 1 is 1.45 bits per heavy atom. The number of rotatable bonds is 5. The largest absolute Gasteiger partial charge is 0.310 e. The second kappa shape index (κ2) is 7.56. The fraction of sp³-hybridized carbons (Fsp3) is 0.562. The summed E-state index contributed by atoms with van der Waals surface area (Å²) in [6.45, 7) is 2.78. The molecule has 0 aromatic heterocycles. The molecule has 3 nitrogen and oxygen atoms in total. The summed E-state index contributed by atoms with van der Waals surface area (Å²) in [7, 11) is -0.670. The lowest BCUT2D eigenvalue weighted by Gasteiger charge is -2.29. The molecule has 2 rings (SSSR count). The molecule has 1 aliphatic rings. The third kappa shape index (κ3) is 4.16. The first-order valence-corrected chi connectivity index (χ1v) is 8.70. The van der Waals surface area contributed by atoms with E-state index in [2.05, 4.69) is 11.4 Å². The van der Waals surface area contributed by atoms with Gasteiger partial charge in [-0.15, -0.1) is 0 Å². The first-order chi connectivity index (χ1) is 9.72. The quantitative estimate of drug-likeness (QED) is 0.907. The van der Waals surface area contributed by atoms with Gasteiger partial charge in [-0.1, -0.05) is 25.5 Å². The third-order valence-corrected chi connectivity index (χ3v) is 5.67. The highest BCUT2D eigenvalue weighted by Crippen LogP contribution is 2.23. The molecule has 3 atom stereocenters. The van der Waals surface area contributed by atoms with Crippen LogP contribution >= 0.6 is 0 Å². The molecule has 1 aliphatic carbocycles. The van der Waals surface area contributed by atoms with Crippen molar-refractivity contribution < 1.29 is 4.21 Å². The average molecular weight is 290 g/mol. The number of nitrogens with one attached hydrogen (secondary N) is 1. The van der Waals surface area contributed by atoms with Crippen LogP contribution < -0.4 is 5.32 Å². The zero-order valence-electron chi connectivity index (χ0n) is 12.0. The van der Waals surface area contributed by atoms with Crippen LogP contribution in [-0.4, -0.2) is 21.3 Å². The predicted octanol–water partition coefficient (Wildman–Crippen LogP) is 2.73. The number of nitrogens with zero attached hydrogens (tertiary/aromatic N) is 1. The predicted molar refractivity (Wildman–Crippen MR) is 82.7 cm³/mol. The lowest BCUT2D eigenvalue weighted by atomic mass is 9.95. The van der Waals surface area contributed by atoms with Gasteiger partial charge in [0.15, 0.2) is 0 Å². The number of hydrogen-bond acceptors (Lipinski definition) is 3. The molecule has 0 saturated heterocycles. The van der Waals surface area contributed by atoms with Crippen LogP contribution in [0, 0.1) is 11.3 Å². The van der Waals surface area contributed by atoms with Gasteiger partial charge < -0.3 is 5.32 Å². The summed E-state index contributed by atoms with van der Waals surface area (Å²) in [6, 6.07) is 10.3. The Hall–Kier alpha value is -1.18. The van der Waals surface area contributed by atoms with Crippen molar-refractivity contribution in [2.75, 3.05) is 5.75 Å². The fourth-order valence-electron chi connectivity index (χ4n) is 2.82. The average Bonchev–Trinajstić information content (AvgIpc) is 2.52. The number of benzene rings is 1. The molecule has 1 N–H and O–H groups in total. The van der Waals surface area contributed by atoms with E-state index in [0.29, 0.717) is 16.9 Å². The van der Waals surface area contributed by atoms with Crippen molar-refractivity contribution in [2.45, 2.75) is 50.4 Å². The van der Waals surface area contributed by atoms with Crippen LogP contribution in [0.5, 0.6) is 0 Å². The van der Waals surface area contributed by atoms with Gasteiger partial charge in [0.1, 0.15) is 0 Å². The summed E-state index contributed by atoms with van der Waals surface area (Å²) in [6.07, 6.45) is 4.43. The van der Waals surface area contributed by atoms with Gasteiger partial charge in [-0.3, -0.25) is 4.21 Å².